The summed E-state index contributed by atoms with van der Waals surface area (Å²) in [5.74, 6) is -0.861. The van der Waals surface area contributed by atoms with Crippen LogP contribution >= 0.6 is 11.8 Å². The number of hydrogen-bond donors (Lipinski definition) is 1. The van der Waals surface area contributed by atoms with Crippen LogP contribution in [0.5, 0.6) is 5.75 Å². The topological polar surface area (TPSA) is 89.7 Å². The summed E-state index contributed by atoms with van der Waals surface area (Å²) < 4.78 is 4.20. The highest BCUT2D eigenvalue weighted by atomic mass is 32.2. The lowest BCUT2D eigenvalue weighted by molar-refractivity contribution is -0.388. The summed E-state index contributed by atoms with van der Waals surface area (Å²) in [6, 6.07) is 4.68. The van der Waals surface area contributed by atoms with Gasteiger partial charge in [0.25, 0.3) is 0 Å². The Balaban J connectivity index is 3.19. The molecule has 0 bridgehead atoms. The molecule has 0 spiro atoms. The van der Waals surface area contributed by atoms with Crippen LogP contribution in [0.15, 0.2) is 23.1 Å². The summed E-state index contributed by atoms with van der Waals surface area (Å²) in [5, 5.41) is 20.3. The Morgan fingerprint density at radius 3 is 2.65 bits per heavy atom. The van der Waals surface area contributed by atoms with Crippen molar-refractivity contribution in [3.8, 4) is 5.75 Å². The molecule has 1 aromatic carbocycles. The number of benzene rings is 1. The summed E-state index contributed by atoms with van der Waals surface area (Å²) >= 11 is 0.935. The number of nitro benzene ring substituents is 1. The van der Waals surface area contributed by atoms with Gasteiger partial charge in [0.05, 0.1) is 16.4 Å². The van der Waals surface area contributed by atoms with E-state index >= 15 is 0 Å². The molecular weight excluding hydrogens is 282 g/mol. The normalized spacial score (nSPS) is 11.2. The van der Waals surface area contributed by atoms with Gasteiger partial charge in [0, 0.05) is 0 Å². The number of carbonyl (C=O) groups is 1. The maximum atomic E-state index is 11.2. The van der Waals surface area contributed by atoms with Crippen molar-refractivity contribution in [3.63, 3.8) is 0 Å². The minimum Gasteiger partial charge on any atom is -0.487 e. The Hall–Kier alpha value is -1.76. The first-order valence-electron chi connectivity index (χ1n) is 6.12. The van der Waals surface area contributed by atoms with Gasteiger partial charge >= 0.3 is 11.7 Å². The minimum atomic E-state index is -1.16. The van der Waals surface area contributed by atoms with Crippen molar-refractivity contribution >= 4 is 23.4 Å². The Morgan fingerprint density at radius 1 is 1.50 bits per heavy atom. The molecule has 1 aromatic rings. The van der Waals surface area contributed by atoms with E-state index in [1.807, 2.05) is 6.92 Å². The Kier molecular flexibility index (Phi) is 5.38. The number of carboxylic acid groups (broad SMARTS) is 1. The minimum absolute atomic E-state index is 0.169. The predicted molar refractivity (Wildman–Crippen MR) is 76.5 cm³/mol. The van der Waals surface area contributed by atoms with Crippen LogP contribution in [0.1, 0.15) is 27.2 Å². The number of rotatable bonds is 7. The molecule has 1 N–H and O–H groups in total. The van der Waals surface area contributed by atoms with Crippen LogP contribution in [0, 0.1) is 10.1 Å². The maximum Gasteiger partial charge on any atom is 0.324 e. The van der Waals surface area contributed by atoms with Crippen LogP contribution in [0.4, 0.5) is 5.69 Å². The molecule has 0 saturated heterocycles. The second-order valence-corrected chi connectivity index (χ2v) is 6.29. The van der Waals surface area contributed by atoms with E-state index in [1.165, 1.54) is 26.0 Å². The Labute approximate surface area is 121 Å². The smallest absolute Gasteiger partial charge is 0.324 e. The van der Waals surface area contributed by atoms with Gasteiger partial charge in [-0.1, -0.05) is 13.0 Å². The molecule has 0 atom stereocenters. The fourth-order valence-corrected chi connectivity index (χ4v) is 2.47. The molecule has 1 rings (SSSR count). The second kappa shape index (κ2) is 6.60. The molecule has 20 heavy (non-hydrogen) atoms. The fraction of sp³-hybridized carbons (Fsp3) is 0.462. The molecule has 110 valence electrons. The molecule has 0 unspecified atom stereocenters. The van der Waals surface area contributed by atoms with Gasteiger partial charge in [-0.25, -0.2) is 0 Å². The molecule has 0 radical (unpaired) electrons. The van der Waals surface area contributed by atoms with Crippen molar-refractivity contribution in [2.45, 2.75) is 36.8 Å². The van der Waals surface area contributed by atoms with Gasteiger partial charge in [0.15, 0.2) is 5.75 Å². The first kappa shape index (κ1) is 16.3. The molecule has 7 heteroatoms. The maximum absolute atomic E-state index is 11.2. The van der Waals surface area contributed by atoms with E-state index in [9.17, 15) is 14.9 Å². The van der Waals surface area contributed by atoms with Crippen molar-refractivity contribution in [2.24, 2.45) is 0 Å². The molecular formula is C13H17NO5S. The van der Waals surface area contributed by atoms with Gasteiger partial charge in [-0.3, -0.25) is 14.9 Å². The number of nitro groups is 1. The van der Waals surface area contributed by atoms with Crippen LogP contribution in [0.3, 0.4) is 0 Å². The summed E-state index contributed by atoms with van der Waals surface area (Å²) in [6.45, 7) is 5.28. The number of aliphatic carboxylic acids is 1. The average Bonchev–Trinajstić information content (AvgIpc) is 2.35. The molecule has 6 nitrogen and oxygen atoms in total. The third kappa shape index (κ3) is 3.86. The lowest BCUT2D eigenvalue weighted by Gasteiger charge is -2.18. The Morgan fingerprint density at radius 2 is 2.15 bits per heavy atom. The number of hydrogen-bond acceptors (Lipinski definition) is 5. The first-order valence-corrected chi connectivity index (χ1v) is 6.94. The third-order valence-electron chi connectivity index (χ3n) is 2.49. The molecule has 0 aliphatic heterocycles. The van der Waals surface area contributed by atoms with E-state index in [4.69, 9.17) is 9.84 Å². The van der Waals surface area contributed by atoms with Gasteiger partial charge < -0.3 is 9.84 Å². The molecule has 0 fully saturated rings. The highest BCUT2D eigenvalue weighted by molar-refractivity contribution is 8.01. The van der Waals surface area contributed by atoms with Crippen molar-refractivity contribution in [1.29, 1.82) is 0 Å². The highest BCUT2D eigenvalue weighted by Gasteiger charge is 2.33. The highest BCUT2D eigenvalue weighted by Crippen LogP contribution is 2.42. The molecule has 0 aliphatic rings. The van der Waals surface area contributed by atoms with Gasteiger partial charge in [-0.2, -0.15) is 0 Å². The number of nitrogens with zero attached hydrogens (tertiary/aromatic N) is 1. The van der Waals surface area contributed by atoms with Gasteiger partial charge in [-0.15, -0.1) is 11.8 Å². The average molecular weight is 299 g/mol. The molecule has 0 aliphatic carbocycles. The van der Waals surface area contributed by atoms with Gasteiger partial charge in [0.1, 0.15) is 4.75 Å². The fourth-order valence-electron chi connectivity index (χ4n) is 1.41. The van der Waals surface area contributed by atoms with E-state index < -0.39 is 15.6 Å². The lowest BCUT2D eigenvalue weighted by Crippen LogP contribution is -2.27. The van der Waals surface area contributed by atoms with E-state index in [1.54, 1.807) is 6.07 Å². The zero-order valence-corrected chi connectivity index (χ0v) is 12.4. The Bertz CT molecular complexity index is 515. The summed E-state index contributed by atoms with van der Waals surface area (Å²) in [4.78, 5) is 22.1. The van der Waals surface area contributed by atoms with E-state index in [2.05, 4.69) is 0 Å². The van der Waals surface area contributed by atoms with Crippen LogP contribution in [0.25, 0.3) is 0 Å². The lowest BCUT2D eigenvalue weighted by atomic mass is 10.2. The van der Waals surface area contributed by atoms with Crippen molar-refractivity contribution in [2.75, 3.05) is 6.61 Å². The summed E-state index contributed by atoms with van der Waals surface area (Å²) in [6.07, 6.45) is 0.731. The van der Waals surface area contributed by atoms with E-state index in [0.717, 1.165) is 18.2 Å². The van der Waals surface area contributed by atoms with Gasteiger partial charge in [0.2, 0.25) is 0 Å². The molecule has 0 aromatic heterocycles. The summed E-state index contributed by atoms with van der Waals surface area (Å²) in [7, 11) is 0. The number of ether oxygens (including phenoxy) is 1. The second-order valence-electron chi connectivity index (χ2n) is 4.63. The number of para-hydroxylation sites is 1. The quantitative estimate of drug-likeness (QED) is 0.472. The monoisotopic (exact) mass is 299 g/mol. The largest absolute Gasteiger partial charge is 0.487 e. The zero-order valence-electron chi connectivity index (χ0n) is 11.6. The van der Waals surface area contributed by atoms with Crippen LogP contribution in [0.2, 0.25) is 0 Å². The zero-order chi connectivity index (χ0) is 15.3. The van der Waals surface area contributed by atoms with Crippen molar-refractivity contribution in [3.05, 3.63) is 28.3 Å². The van der Waals surface area contributed by atoms with Crippen LogP contribution < -0.4 is 4.74 Å². The van der Waals surface area contributed by atoms with Crippen molar-refractivity contribution in [1.82, 2.24) is 0 Å². The number of carboxylic acids is 1. The van der Waals surface area contributed by atoms with E-state index in [-0.39, 0.29) is 16.3 Å². The van der Waals surface area contributed by atoms with Gasteiger partial charge in [-0.05, 0) is 32.4 Å². The molecule has 0 heterocycles. The first-order chi connectivity index (χ1) is 9.29. The molecule has 0 amide bonds. The molecule has 0 saturated carbocycles. The SMILES string of the molecule is CCCOc1cccc(SC(C)(C)C(=O)O)c1[N+](=O)[O-]. The van der Waals surface area contributed by atoms with Crippen LogP contribution in [-0.2, 0) is 4.79 Å². The van der Waals surface area contributed by atoms with Crippen molar-refractivity contribution < 1.29 is 19.6 Å². The van der Waals surface area contributed by atoms with Crippen LogP contribution in [-0.4, -0.2) is 27.4 Å². The summed E-state index contributed by atoms with van der Waals surface area (Å²) in [5.41, 5.74) is -0.180. The van der Waals surface area contributed by atoms with E-state index in [0.29, 0.717) is 6.61 Å². The number of thioether (sulfide) groups is 1. The standard InChI is InChI=1S/C13H17NO5S/c1-4-8-19-9-6-5-7-10(11(9)14(17)18)20-13(2,3)12(15)16/h5-7H,4,8H2,1-3H3,(H,15,16). The third-order valence-corrected chi connectivity index (χ3v) is 3.72. The predicted octanol–water partition coefficient (Wildman–Crippen LogP) is 3.34.